The summed E-state index contributed by atoms with van der Waals surface area (Å²) in [7, 11) is -3.55. The van der Waals surface area contributed by atoms with Crippen molar-refractivity contribution < 1.29 is 13.2 Å². The summed E-state index contributed by atoms with van der Waals surface area (Å²) in [4.78, 5) is 22.2. The lowest BCUT2D eigenvalue weighted by Crippen LogP contribution is -2.58. The van der Waals surface area contributed by atoms with Crippen molar-refractivity contribution in [2.24, 2.45) is 0 Å². The zero-order valence-corrected chi connectivity index (χ0v) is 15.1. The summed E-state index contributed by atoms with van der Waals surface area (Å²) in [6.07, 6.45) is 6.59. The molecule has 1 N–H and O–H groups in total. The van der Waals surface area contributed by atoms with Crippen molar-refractivity contribution in [1.29, 1.82) is 0 Å². The first-order valence-electron chi connectivity index (χ1n) is 8.33. The Balaban J connectivity index is 1.42. The van der Waals surface area contributed by atoms with E-state index in [1.54, 1.807) is 65.9 Å². The molecule has 1 aliphatic rings. The van der Waals surface area contributed by atoms with Gasteiger partial charge < -0.3 is 9.47 Å². The second kappa shape index (κ2) is 6.84. The third kappa shape index (κ3) is 3.54. The Kier molecular flexibility index (Phi) is 4.36. The van der Waals surface area contributed by atoms with E-state index >= 15 is 0 Å². The van der Waals surface area contributed by atoms with E-state index in [4.69, 9.17) is 0 Å². The number of amides is 1. The average molecular weight is 383 g/mol. The lowest BCUT2D eigenvalue weighted by molar-refractivity contribution is 0.0653. The fraction of sp³-hybridized carbons (Fsp3) is 0.167. The van der Waals surface area contributed by atoms with E-state index in [1.165, 1.54) is 4.90 Å². The molecule has 1 fully saturated rings. The van der Waals surface area contributed by atoms with Crippen molar-refractivity contribution in [3.8, 4) is 5.69 Å². The fourth-order valence-electron chi connectivity index (χ4n) is 2.82. The van der Waals surface area contributed by atoms with Gasteiger partial charge in [0.2, 0.25) is 10.0 Å². The molecule has 3 heterocycles. The largest absolute Gasteiger partial charge is 0.334 e. The van der Waals surface area contributed by atoms with Gasteiger partial charge in [0.15, 0.2) is 0 Å². The van der Waals surface area contributed by atoms with Crippen LogP contribution in [0, 0.1) is 0 Å². The molecule has 4 rings (SSSR count). The van der Waals surface area contributed by atoms with E-state index < -0.39 is 15.3 Å². The first-order chi connectivity index (χ1) is 13.0. The van der Waals surface area contributed by atoms with Crippen LogP contribution >= 0.6 is 0 Å². The maximum atomic E-state index is 12.6. The number of imidazole rings is 1. The number of hydrogen-bond donors (Lipinski definition) is 1. The van der Waals surface area contributed by atoms with E-state index in [-0.39, 0.29) is 24.7 Å². The van der Waals surface area contributed by atoms with Gasteiger partial charge in [-0.3, -0.25) is 14.5 Å². The maximum absolute atomic E-state index is 12.6. The minimum absolute atomic E-state index is 0.137. The highest BCUT2D eigenvalue weighted by atomic mass is 32.2. The van der Waals surface area contributed by atoms with E-state index in [2.05, 4.69) is 14.7 Å². The third-order valence-corrected chi connectivity index (χ3v) is 6.07. The number of nitrogens with zero attached hydrogens (tertiary/aromatic N) is 4. The Labute approximate surface area is 156 Å². The van der Waals surface area contributed by atoms with Crippen molar-refractivity contribution in [2.45, 2.75) is 5.25 Å². The van der Waals surface area contributed by atoms with Gasteiger partial charge >= 0.3 is 0 Å². The van der Waals surface area contributed by atoms with Crippen LogP contribution in [0.2, 0.25) is 0 Å². The molecule has 2 aromatic heterocycles. The van der Waals surface area contributed by atoms with Crippen molar-refractivity contribution in [3.05, 3.63) is 73.1 Å². The fourth-order valence-corrected chi connectivity index (χ4v) is 4.21. The number of likely N-dealkylation sites (tertiary alicyclic amines) is 1. The molecule has 3 aromatic rings. The molecule has 1 amide bonds. The highest BCUT2D eigenvalue weighted by Crippen LogP contribution is 2.21. The van der Waals surface area contributed by atoms with Crippen molar-refractivity contribution in [2.75, 3.05) is 17.8 Å². The molecular formula is C18H17N5O3S. The Bertz CT molecular complexity index is 1050. The van der Waals surface area contributed by atoms with Gasteiger partial charge in [-0.1, -0.05) is 18.2 Å². The normalized spacial score (nSPS) is 14.6. The molecule has 1 aliphatic heterocycles. The molecule has 0 radical (unpaired) electrons. The number of aromatic nitrogens is 3. The van der Waals surface area contributed by atoms with Gasteiger partial charge in [0.05, 0.1) is 12.0 Å². The molecule has 0 bridgehead atoms. The molecule has 8 nitrogen and oxygen atoms in total. The van der Waals surface area contributed by atoms with Crippen molar-refractivity contribution in [3.63, 3.8) is 0 Å². The Hall–Kier alpha value is -3.20. The zero-order chi connectivity index (χ0) is 18.9. The summed E-state index contributed by atoms with van der Waals surface area (Å²) in [6.45, 7) is 0.274. The molecule has 9 heteroatoms. The summed E-state index contributed by atoms with van der Waals surface area (Å²) in [5.41, 5.74) is 1.55. The molecule has 0 aliphatic carbocycles. The van der Waals surface area contributed by atoms with Gasteiger partial charge in [-0.25, -0.2) is 13.4 Å². The first-order valence-corrected chi connectivity index (χ1v) is 9.88. The van der Waals surface area contributed by atoms with Gasteiger partial charge in [-0.2, -0.15) is 0 Å². The highest BCUT2D eigenvalue weighted by molar-refractivity contribution is 7.93. The maximum Gasteiger partial charge on any atom is 0.272 e. The summed E-state index contributed by atoms with van der Waals surface area (Å²) in [5.74, 6) is -0.289. The summed E-state index contributed by atoms with van der Waals surface area (Å²) >= 11 is 0. The topological polar surface area (TPSA) is 97.2 Å². The minimum atomic E-state index is -3.55. The second-order valence-corrected chi connectivity index (χ2v) is 8.18. The van der Waals surface area contributed by atoms with E-state index in [1.807, 2.05) is 6.07 Å². The smallest absolute Gasteiger partial charge is 0.272 e. The molecule has 0 saturated carbocycles. The average Bonchev–Trinajstić information content (AvgIpc) is 3.15. The van der Waals surface area contributed by atoms with Gasteiger partial charge in [0.1, 0.15) is 10.9 Å². The summed E-state index contributed by atoms with van der Waals surface area (Å²) in [6, 6.07) is 12.1. The van der Waals surface area contributed by atoms with Crippen LogP contribution in [0.1, 0.15) is 10.5 Å². The van der Waals surface area contributed by atoms with Crippen LogP contribution < -0.4 is 4.72 Å². The van der Waals surface area contributed by atoms with E-state index in [0.29, 0.717) is 5.69 Å². The summed E-state index contributed by atoms with van der Waals surface area (Å²) < 4.78 is 29.2. The van der Waals surface area contributed by atoms with Crippen LogP contribution in [-0.4, -0.2) is 52.1 Å². The Morgan fingerprint density at radius 3 is 2.59 bits per heavy atom. The minimum Gasteiger partial charge on any atom is -0.334 e. The molecule has 0 unspecified atom stereocenters. The van der Waals surface area contributed by atoms with Gasteiger partial charge in [-0.05, 0) is 24.3 Å². The third-order valence-electron chi connectivity index (χ3n) is 4.37. The highest BCUT2D eigenvalue weighted by Gasteiger charge is 2.40. The number of anilines is 1. The molecule has 1 saturated heterocycles. The van der Waals surface area contributed by atoms with Crippen LogP contribution in [0.4, 0.5) is 5.69 Å². The number of pyridine rings is 1. The number of nitrogens with one attached hydrogen (secondary N) is 1. The van der Waals surface area contributed by atoms with Gasteiger partial charge in [0, 0.05) is 37.4 Å². The summed E-state index contributed by atoms with van der Waals surface area (Å²) in [5, 5.41) is -0.640. The zero-order valence-electron chi connectivity index (χ0n) is 14.3. The quantitative estimate of drug-likeness (QED) is 0.721. The number of sulfonamides is 1. The van der Waals surface area contributed by atoms with E-state index in [9.17, 15) is 13.2 Å². The Morgan fingerprint density at radius 2 is 1.89 bits per heavy atom. The van der Waals surface area contributed by atoms with Crippen LogP contribution in [-0.2, 0) is 10.0 Å². The predicted octanol–water partition coefficient (Wildman–Crippen LogP) is 1.53. The van der Waals surface area contributed by atoms with Crippen LogP contribution in [0.15, 0.2) is 67.4 Å². The van der Waals surface area contributed by atoms with E-state index in [0.717, 1.165) is 5.69 Å². The number of carbonyl (C=O) groups is 1. The Morgan fingerprint density at radius 1 is 1.11 bits per heavy atom. The standard InChI is InChI=1S/C18H17N5O3S/c24-18(17-10-15(6-7-20-17)22-9-8-19-13-22)23-11-16(12-23)27(25,26)21-14-4-2-1-3-5-14/h1-10,13,16,21H,11-12H2. The van der Waals surface area contributed by atoms with Gasteiger partial charge in [0.25, 0.3) is 5.91 Å². The lowest BCUT2D eigenvalue weighted by atomic mass is 10.2. The monoisotopic (exact) mass is 383 g/mol. The number of hydrogen-bond acceptors (Lipinski definition) is 5. The molecule has 0 spiro atoms. The van der Waals surface area contributed by atoms with Crippen LogP contribution in [0.5, 0.6) is 0 Å². The van der Waals surface area contributed by atoms with Gasteiger partial charge in [-0.15, -0.1) is 0 Å². The van der Waals surface area contributed by atoms with Crippen LogP contribution in [0.25, 0.3) is 5.69 Å². The molecule has 0 atom stereocenters. The van der Waals surface area contributed by atoms with Crippen molar-refractivity contribution in [1.82, 2.24) is 19.4 Å². The molecule has 27 heavy (non-hydrogen) atoms. The lowest BCUT2D eigenvalue weighted by Gasteiger charge is -2.38. The number of para-hydroxylation sites is 1. The first kappa shape index (κ1) is 17.2. The number of benzene rings is 1. The molecule has 1 aromatic carbocycles. The van der Waals surface area contributed by atoms with Crippen LogP contribution in [0.3, 0.4) is 0 Å². The molecular weight excluding hydrogens is 366 g/mol. The predicted molar refractivity (Wildman–Crippen MR) is 100 cm³/mol. The SMILES string of the molecule is O=C(c1cc(-n2ccnc2)ccn1)N1CC(S(=O)(=O)Nc2ccccc2)C1. The van der Waals surface area contributed by atoms with Crippen molar-refractivity contribution >= 4 is 21.6 Å². The number of carbonyl (C=O) groups excluding carboxylic acids is 1. The number of rotatable bonds is 5. The molecule has 138 valence electrons. The second-order valence-electron chi connectivity index (χ2n) is 6.21.